The number of amides is 1. The van der Waals surface area contributed by atoms with Crippen molar-refractivity contribution in [2.45, 2.75) is 6.04 Å². The molecule has 2 aromatic rings. The Kier molecular flexibility index (Phi) is 5.51. The van der Waals surface area contributed by atoms with Crippen molar-refractivity contribution in [1.82, 2.24) is 4.90 Å². The van der Waals surface area contributed by atoms with Crippen LogP contribution in [0.4, 0.5) is 5.69 Å². The minimum atomic E-state index is -1.09. The molecule has 1 aliphatic heterocycles. The van der Waals surface area contributed by atoms with Crippen LogP contribution in [0.3, 0.4) is 0 Å². The summed E-state index contributed by atoms with van der Waals surface area (Å²) in [7, 11) is 1.44. The van der Waals surface area contributed by atoms with Gasteiger partial charge in [-0.15, -0.1) is 0 Å². The largest absolute Gasteiger partial charge is 0.507 e. The number of benzene rings is 2. The molecule has 144 valence electrons. The van der Waals surface area contributed by atoms with Gasteiger partial charge in [0.2, 0.25) is 0 Å². The molecule has 3 rings (SSSR count). The van der Waals surface area contributed by atoms with Crippen LogP contribution in [0, 0.1) is 10.1 Å². The summed E-state index contributed by atoms with van der Waals surface area (Å²) in [5.41, 5.74) is 0.0773. The van der Waals surface area contributed by atoms with Gasteiger partial charge < -0.3 is 14.7 Å². The van der Waals surface area contributed by atoms with Crippen LogP contribution in [0.1, 0.15) is 17.2 Å². The van der Waals surface area contributed by atoms with Gasteiger partial charge in [0.05, 0.1) is 28.7 Å². The van der Waals surface area contributed by atoms with Crippen LogP contribution < -0.4 is 0 Å². The lowest BCUT2D eigenvalue weighted by Gasteiger charge is -2.24. The number of nitrogens with zero attached hydrogens (tertiary/aromatic N) is 2. The predicted octanol–water partition coefficient (Wildman–Crippen LogP) is 2.66. The molecule has 1 heterocycles. The van der Waals surface area contributed by atoms with E-state index in [9.17, 15) is 24.8 Å². The number of carbonyl (C=O) groups excluding carboxylic acids is 2. The Bertz CT molecular complexity index is 954. The number of rotatable bonds is 6. The Hall–Kier alpha value is -3.52. The molecule has 0 aromatic heterocycles. The molecule has 0 spiro atoms. The van der Waals surface area contributed by atoms with Gasteiger partial charge >= 0.3 is 0 Å². The second-order valence-corrected chi connectivity index (χ2v) is 6.17. The van der Waals surface area contributed by atoms with Crippen molar-refractivity contribution in [3.63, 3.8) is 0 Å². The number of carbonyl (C=O) groups is 2. The molecule has 0 saturated carbocycles. The van der Waals surface area contributed by atoms with E-state index in [-0.39, 0.29) is 35.7 Å². The van der Waals surface area contributed by atoms with Crippen LogP contribution in [0.15, 0.2) is 60.2 Å². The third-order valence-corrected chi connectivity index (χ3v) is 4.55. The quantitative estimate of drug-likeness (QED) is 0.270. The second kappa shape index (κ2) is 8.01. The molecule has 1 aliphatic rings. The highest BCUT2D eigenvalue weighted by Crippen LogP contribution is 2.42. The normalized spacial score (nSPS) is 18.5. The number of nitro benzene ring substituents is 1. The number of ether oxygens (including phenoxy) is 1. The van der Waals surface area contributed by atoms with Crippen LogP contribution >= 0.6 is 0 Å². The van der Waals surface area contributed by atoms with Crippen LogP contribution in [-0.4, -0.2) is 46.9 Å². The van der Waals surface area contributed by atoms with Gasteiger partial charge in [0.15, 0.2) is 0 Å². The van der Waals surface area contributed by atoms with E-state index in [1.54, 1.807) is 36.4 Å². The van der Waals surface area contributed by atoms with Gasteiger partial charge in [-0.1, -0.05) is 42.5 Å². The zero-order chi connectivity index (χ0) is 20.3. The highest BCUT2D eigenvalue weighted by atomic mass is 16.6. The van der Waals surface area contributed by atoms with E-state index >= 15 is 0 Å². The Balaban J connectivity index is 2.24. The Morgan fingerprint density at radius 3 is 2.43 bits per heavy atom. The number of ketones is 1. The SMILES string of the molecule is COCCN1C(=O)C(=O)C(=C(O)c2ccccc2)[C@H]1c1ccccc1[N+](=O)[O-]. The Morgan fingerprint density at radius 1 is 1.14 bits per heavy atom. The van der Waals surface area contributed by atoms with Gasteiger partial charge in [-0.05, 0) is 6.07 Å². The molecular formula is C20H18N2O6. The van der Waals surface area contributed by atoms with Gasteiger partial charge in [0.1, 0.15) is 5.76 Å². The fourth-order valence-corrected chi connectivity index (χ4v) is 3.26. The van der Waals surface area contributed by atoms with E-state index in [0.717, 1.165) is 0 Å². The highest BCUT2D eigenvalue weighted by Gasteiger charge is 2.47. The molecule has 1 atom stereocenters. The number of hydrogen-bond acceptors (Lipinski definition) is 6. The van der Waals surface area contributed by atoms with E-state index in [0.29, 0.717) is 5.56 Å². The fraction of sp³-hybridized carbons (Fsp3) is 0.200. The van der Waals surface area contributed by atoms with E-state index in [4.69, 9.17) is 4.74 Å². The number of Topliss-reactive ketones (excluding diaryl/α,β-unsaturated/α-hetero) is 1. The van der Waals surface area contributed by atoms with E-state index in [1.165, 1.54) is 30.2 Å². The monoisotopic (exact) mass is 382 g/mol. The molecule has 1 N–H and O–H groups in total. The second-order valence-electron chi connectivity index (χ2n) is 6.17. The summed E-state index contributed by atoms with van der Waals surface area (Å²) in [4.78, 5) is 37.5. The lowest BCUT2D eigenvalue weighted by Crippen LogP contribution is -2.32. The number of aliphatic hydroxyl groups is 1. The third-order valence-electron chi connectivity index (χ3n) is 4.55. The Labute approximate surface area is 160 Å². The molecule has 28 heavy (non-hydrogen) atoms. The lowest BCUT2D eigenvalue weighted by molar-refractivity contribution is -0.385. The number of nitro groups is 1. The Morgan fingerprint density at radius 2 is 1.79 bits per heavy atom. The average Bonchev–Trinajstić information content (AvgIpc) is 2.96. The summed E-state index contributed by atoms with van der Waals surface area (Å²) in [6, 6.07) is 13.1. The van der Waals surface area contributed by atoms with Crippen molar-refractivity contribution in [3.8, 4) is 0 Å². The maximum atomic E-state index is 12.7. The summed E-state index contributed by atoms with van der Waals surface area (Å²) in [5.74, 6) is -2.10. The molecule has 1 saturated heterocycles. The van der Waals surface area contributed by atoms with Crippen molar-refractivity contribution in [3.05, 3.63) is 81.4 Å². The van der Waals surface area contributed by atoms with Crippen LogP contribution in [-0.2, 0) is 14.3 Å². The fourth-order valence-electron chi connectivity index (χ4n) is 3.26. The van der Waals surface area contributed by atoms with Gasteiger partial charge in [0.25, 0.3) is 17.4 Å². The van der Waals surface area contributed by atoms with Gasteiger partial charge in [-0.25, -0.2) is 0 Å². The van der Waals surface area contributed by atoms with Gasteiger partial charge in [0, 0.05) is 25.3 Å². The third kappa shape index (κ3) is 3.37. The van der Waals surface area contributed by atoms with Crippen molar-refractivity contribution < 1.29 is 24.4 Å². The van der Waals surface area contributed by atoms with Crippen molar-refractivity contribution >= 4 is 23.1 Å². The summed E-state index contributed by atoms with van der Waals surface area (Å²) >= 11 is 0. The van der Waals surface area contributed by atoms with Crippen molar-refractivity contribution in [2.75, 3.05) is 20.3 Å². The average molecular weight is 382 g/mol. The van der Waals surface area contributed by atoms with Crippen LogP contribution in [0.5, 0.6) is 0 Å². The first-order valence-corrected chi connectivity index (χ1v) is 8.53. The minimum absolute atomic E-state index is 0.0450. The molecule has 8 heteroatoms. The molecule has 0 unspecified atom stereocenters. The van der Waals surface area contributed by atoms with Crippen LogP contribution in [0.25, 0.3) is 5.76 Å². The summed E-state index contributed by atoms with van der Waals surface area (Å²) < 4.78 is 5.01. The van der Waals surface area contributed by atoms with Gasteiger partial charge in [-0.3, -0.25) is 19.7 Å². The maximum Gasteiger partial charge on any atom is 0.295 e. The molecular weight excluding hydrogens is 364 g/mol. The number of hydrogen-bond donors (Lipinski definition) is 1. The smallest absolute Gasteiger partial charge is 0.295 e. The summed E-state index contributed by atoms with van der Waals surface area (Å²) in [6.07, 6.45) is 0. The number of methoxy groups -OCH3 is 1. The minimum Gasteiger partial charge on any atom is -0.507 e. The molecule has 1 amide bonds. The first-order chi connectivity index (χ1) is 13.5. The molecule has 0 radical (unpaired) electrons. The lowest BCUT2D eigenvalue weighted by atomic mass is 9.94. The van der Waals surface area contributed by atoms with Gasteiger partial charge in [-0.2, -0.15) is 0 Å². The molecule has 0 aliphatic carbocycles. The number of para-hydroxylation sites is 1. The first kappa shape index (κ1) is 19.2. The number of likely N-dealkylation sites (tertiary alicyclic amines) is 1. The summed E-state index contributed by atoms with van der Waals surface area (Å²) in [5, 5.41) is 22.3. The highest BCUT2D eigenvalue weighted by molar-refractivity contribution is 6.46. The van der Waals surface area contributed by atoms with Crippen LogP contribution in [0.2, 0.25) is 0 Å². The zero-order valence-electron chi connectivity index (χ0n) is 15.1. The van der Waals surface area contributed by atoms with E-state index in [1.807, 2.05) is 0 Å². The zero-order valence-corrected chi connectivity index (χ0v) is 15.1. The molecule has 2 aromatic carbocycles. The first-order valence-electron chi connectivity index (χ1n) is 8.53. The van der Waals surface area contributed by atoms with E-state index in [2.05, 4.69) is 0 Å². The summed E-state index contributed by atoms with van der Waals surface area (Å²) in [6.45, 7) is 0.179. The topological polar surface area (TPSA) is 110 Å². The van der Waals surface area contributed by atoms with Crippen molar-refractivity contribution in [1.29, 1.82) is 0 Å². The standard InChI is InChI=1S/C20H18N2O6/c1-28-12-11-21-17(14-9-5-6-10-15(14)22(26)27)16(19(24)20(21)25)18(23)13-7-3-2-4-8-13/h2-10,17,23H,11-12H2,1H3/t17-/m1/s1. The van der Waals surface area contributed by atoms with E-state index < -0.39 is 22.7 Å². The van der Waals surface area contributed by atoms with Crippen molar-refractivity contribution in [2.24, 2.45) is 0 Å². The molecule has 8 nitrogen and oxygen atoms in total. The predicted molar refractivity (Wildman–Crippen MR) is 100 cm³/mol. The molecule has 1 fully saturated rings. The number of aliphatic hydroxyl groups excluding tert-OH is 1. The maximum absolute atomic E-state index is 12.7. The molecule has 0 bridgehead atoms.